The van der Waals surface area contributed by atoms with Crippen LogP contribution >= 0.6 is 0 Å². The summed E-state index contributed by atoms with van der Waals surface area (Å²) < 4.78 is 7.63. The Morgan fingerprint density at radius 1 is 1.17 bits per heavy atom. The maximum atomic E-state index is 12.5. The second-order valence-electron chi connectivity index (χ2n) is 8.07. The number of rotatable bonds is 7. The Kier molecular flexibility index (Phi) is 6.26. The highest BCUT2D eigenvalue weighted by Crippen LogP contribution is 2.38. The predicted octanol–water partition coefficient (Wildman–Crippen LogP) is 5.15. The summed E-state index contributed by atoms with van der Waals surface area (Å²) >= 11 is 0. The molecule has 0 aliphatic heterocycles. The van der Waals surface area contributed by atoms with E-state index in [0.29, 0.717) is 6.04 Å². The fourth-order valence-electron chi connectivity index (χ4n) is 3.64. The van der Waals surface area contributed by atoms with Gasteiger partial charge in [-0.1, -0.05) is 32.0 Å². The summed E-state index contributed by atoms with van der Waals surface area (Å²) in [5.74, 6) is -0.588. The van der Waals surface area contributed by atoms with Gasteiger partial charge in [-0.05, 0) is 68.9 Å². The molecule has 1 heterocycles. The third-order valence-corrected chi connectivity index (χ3v) is 5.34. The Morgan fingerprint density at radius 3 is 2.52 bits per heavy atom. The van der Waals surface area contributed by atoms with Crippen molar-refractivity contribution in [1.82, 2.24) is 4.57 Å². The zero-order valence-electron chi connectivity index (χ0n) is 17.9. The molecule has 3 rings (SSSR count). The van der Waals surface area contributed by atoms with E-state index in [4.69, 9.17) is 4.74 Å². The summed E-state index contributed by atoms with van der Waals surface area (Å²) in [5, 5.41) is 2.87. The molecule has 1 aromatic carbocycles. The molecule has 29 heavy (non-hydrogen) atoms. The Hall–Kier alpha value is -2.82. The third-order valence-electron chi connectivity index (χ3n) is 5.34. The second-order valence-corrected chi connectivity index (χ2v) is 8.07. The summed E-state index contributed by atoms with van der Waals surface area (Å²) in [4.78, 5) is 24.7. The number of esters is 1. The monoisotopic (exact) mass is 394 g/mol. The van der Waals surface area contributed by atoms with Gasteiger partial charge in [0.25, 0.3) is 5.91 Å². The Bertz CT molecular complexity index is 936. The van der Waals surface area contributed by atoms with Crippen LogP contribution in [0.1, 0.15) is 68.1 Å². The fraction of sp³-hybridized carbons (Fsp3) is 0.417. The van der Waals surface area contributed by atoms with Crippen molar-refractivity contribution in [2.24, 2.45) is 0 Å². The summed E-state index contributed by atoms with van der Waals surface area (Å²) in [6.45, 7) is 9.87. The fourth-order valence-corrected chi connectivity index (χ4v) is 3.64. The van der Waals surface area contributed by atoms with Crippen LogP contribution in [0, 0.1) is 13.8 Å². The number of amides is 1. The molecule has 0 spiro atoms. The highest BCUT2D eigenvalue weighted by Gasteiger charge is 2.26. The van der Waals surface area contributed by atoms with Crippen molar-refractivity contribution in [3.63, 3.8) is 0 Å². The average molecular weight is 395 g/mol. The molecule has 1 fully saturated rings. The molecule has 5 nitrogen and oxygen atoms in total. The van der Waals surface area contributed by atoms with Crippen molar-refractivity contribution >= 4 is 23.6 Å². The zero-order valence-corrected chi connectivity index (χ0v) is 17.9. The standard InChI is InChI=1S/C24H30N2O3/c1-15(2)21-8-6-7-9-22(21)25-24(28)18(5)29-23(27)13-10-19-14-16(3)26(17(19)4)20-11-12-20/h6-10,13-15,18,20H,11-12H2,1-5H3,(H,25,28)/b13-10+/t18-/m0/s1. The second kappa shape index (κ2) is 8.68. The number of nitrogens with one attached hydrogen (secondary N) is 1. The van der Waals surface area contributed by atoms with Gasteiger partial charge in [0.15, 0.2) is 6.10 Å². The van der Waals surface area contributed by atoms with Crippen molar-refractivity contribution < 1.29 is 14.3 Å². The smallest absolute Gasteiger partial charge is 0.331 e. The minimum atomic E-state index is -0.883. The lowest BCUT2D eigenvalue weighted by Gasteiger charge is -2.16. The minimum Gasteiger partial charge on any atom is -0.449 e. The molecule has 1 atom stereocenters. The number of aryl methyl sites for hydroxylation is 1. The van der Waals surface area contributed by atoms with Crippen molar-refractivity contribution in [2.75, 3.05) is 5.32 Å². The first-order chi connectivity index (χ1) is 13.8. The average Bonchev–Trinajstić information content (AvgIpc) is 3.45. The van der Waals surface area contributed by atoms with Gasteiger partial charge >= 0.3 is 5.97 Å². The van der Waals surface area contributed by atoms with Gasteiger partial charge in [-0.25, -0.2) is 4.79 Å². The number of carbonyl (C=O) groups excluding carboxylic acids is 2. The van der Waals surface area contributed by atoms with Gasteiger partial charge in [0, 0.05) is 29.2 Å². The number of nitrogens with zero attached hydrogens (tertiary/aromatic N) is 1. The molecule has 154 valence electrons. The van der Waals surface area contributed by atoms with Crippen molar-refractivity contribution in [1.29, 1.82) is 0 Å². The van der Waals surface area contributed by atoms with Gasteiger partial charge in [-0.15, -0.1) is 0 Å². The van der Waals surface area contributed by atoms with E-state index in [1.165, 1.54) is 24.6 Å². The van der Waals surface area contributed by atoms with Gasteiger partial charge in [0.05, 0.1) is 0 Å². The molecular formula is C24H30N2O3. The molecule has 1 aliphatic carbocycles. The summed E-state index contributed by atoms with van der Waals surface area (Å²) in [5.41, 5.74) is 5.16. The van der Waals surface area contributed by atoms with E-state index in [2.05, 4.69) is 43.6 Å². The number of hydrogen-bond acceptors (Lipinski definition) is 3. The van der Waals surface area contributed by atoms with Crippen molar-refractivity contribution in [2.45, 2.75) is 65.5 Å². The van der Waals surface area contributed by atoms with Gasteiger partial charge in [0.1, 0.15) is 0 Å². The molecule has 0 radical (unpaired) electrons. The first kappa shape index (κ1) is 20.9. The van der Waals surface area contributed by atoms with Gasteiger partial charge < -0.3 is 14.6 Å². The first-order valence-corrected chi connectivity index (χ1v) is 10.2. The maximum Gasteiger partial charge on any atom is 0.331 e. The molecule has 5 heteroatoms. The van der Waals surface area contributed by atoms with Crippen LogP contribution in [-0.4, -0.2) is 22.5 Å². The molecule has 1 aromatic heterocycles. The van der Waals surface area contributed by atoms with E-state index < -0.39 is 12.1 Å². The van der Waals surface area contributed by atoms with E-state index in [0.717, 1.165) is 22.5 Å². The lowest BCUT2D eigenvalue weighted by atomic mass is 10.0. The van der Waals surface area contributed by atoms with Crippen LogP contribution in [0.25, 0.3) is 6.08 Å². The summed E-state index contributed by atoms with van der Waals surface area (Å²) in [6.07, 6.45) is 4.71. The SMILES string of the molecule is Cc1cc(/C=C/C(=O)O[C@@H](C)C(=O)Nc2ccccc2C(C)C)c(C)n1C1CC1. The van der Waals surface area contributed by atoms with Crippen LogP contribution in [-0.2, 0) is 14.3 Å². The topological polar surface area (TPSA) is 60.3 Å². The summed E-state index contributed by atoms with van der Waals surface area (Å²) in [7, 11) is 0. The molecular weight excluding hydrogens is 364 g/mol. The first-order valence-electron chi connectivity index (χ1n) is 10.2. The van der Waals surface area contributed by atoms with Crippen molar-refractivity contribution in [3.05, 3.63) is 58.9 Å². The number of ether oxygens (including phenoxy) is 1. The largest absolute Gasteiger partial charge is 0.449 e. The van der Waals surface area contributed by atoms with Crippen molar-refractivity contribution in [3.8, 4) is 0 Å². The maximum absolute atomic E-state index is 12.5. The summed E-state index contributed by atoms with van der Waals surface area (Å²) in [6, 6.07) is 10.3. The highest BCUT2D eigenvalue weighted by molar-refractivity contribution is 5.97. The van der Waals surface area contributed by atoms with E-state index in [-0.39, 0.29) is 11.8 Å². The quantitative estimate of drug-likeness (QED) is 0.522. The van der Waals surface area contributed by atoms with Crippen LogP contribution in [0.2, 0.25) is 0 Å². The number of hydrogen-bond donors (Lipinski definition) is 1. The zero-order chi connectivity index (χ0) is 21.1. The van der Waals surface area contributed by atoms with Crippen LogP contribution in [0.4, 0.5) is 5.69 Å². The minimum absolute atomic E-state index is 0.280. The van der Waals surface area contributed by atoms with Gasteiger partial charge in [-0.3, -0.25) is 4.79 Å². The van der Waals surface area contributed by atoms with Gasteiger partial charge in [0.2, 0.25) is 0 Å². The lowest BCUT2D eigenvalue weighted by molar-refractivity contribution is -0.148. The highest BCUT2D eigenvalue weighted by atomic mass is 16.5. The Labute approximate surface area is 172 Å². The third kappa shape index (κ3) is 4.97. The normalized spacial score (nSPS) is 15.0. The van der Waals surface area contributed by atoms with E-state index >= 15 is 0 Å². The molecule has 1 N–H and O–H groups in total. The van der Waals surface area contributed by atoms with Crippen LogP contribution in [0.3, 0.4) is 0 Å². The number of aromatic nitrogens is 1. The molecule has 0 bridgehead atoms. The number of anilines is 1. The van der Waals surface area contributed by atoms with Crippen LogP contribution in [0.5, 0.6) is 0 Å². The van der Waals surface area contributed by atoms with Gasteiger partial charge in [-0.2, -0.15) is 0 Å². The predicted molar refractivity (Wildman–Crippen MR) is 116 cm³/mol. The molecule has 0 unspecified atom stereocenters. The lowest BCUT2D eigenvalue weighted by Crippen LogP contribution is -2.29. The number of para-hydroxylation sites is 1. The number of benzene rings is 1. The van der Waals surface area contributed by atoms with E-state index in [1.807, 2.05) is 24.3 Å². The molecule has 1 aliphatic rings. The van der Waals surface area contributed by atoms with Crippen LogP contribution in [0.15, 0.2) is 36.4 Å². The molecule has 2 aromatic rings. The Balaban J connectivity index is 1.60. The van der Waals surface area contributed by atoms with E-state index in [9.17, 15) is 9.59 Å². The van der Waals surface area contributed by atoms with E-state index in [1.54, 1.807) is 13.0 Å². The molecule has 0 saturated heterocycles. The molecule has 1 saturated carbocycles. The molecule has 1 amide bonds. The van der Waals surface area contributed by atoms with Crippen LogP contribution < -0.4 is 5.32 Å². The Morgan fingerprint density at radius 2 is 1.86 bits per heavy atom. The number of carbonyl (C=O) groups is 2.